The Morgan fingerprint density at radius 2 is 1.73 bits per heavy atom. The lowest BCUT2D eigenvalue weighted by molar-refractivity contribution is -0.129. The molecule has 0 radical (unpaired) electrons. The first-order valence-corrected chi connectivity index (χ1v) is 6.55. The number of carbonyl (C=O) groups is 1. The second kappa shape index (κ2) is 4.65. The van der Waals surface area contributed by atoms with Crippen LogP contribution >= 0.6 is 0 Å². The normalized spacial score (nSPS) is 32.3. The summed E-state index contributed by atoms with van der Waals surface area (Å²) in [4.78, 5) is 14.3. The highest BCUT2D eigenvalue weighted by Crippen LogP contribution is 2.35. The average Bonchev–Trinajstić information content (AvgIpc) is 2.20. The van der Waals surface area contributed by atoms with E-state index in [4.69, 9.17) is 0 Å². The fourth-order valence-electron chi connectivity index (χ4n) is 3.52. The van der Waals surface area contributed by atoms with Crippen LogP contribution in [0.2, 0.25) is 0 Å². The zero-order chi connectivity index (χ0) is 10.8. The standard InChI is InChI=1S/C13H23NO/c1-3-10(4-2)14-11-6-5-7-12(14)9-13(15)8-11/h10-12H,3-9H2,1-2H3. The molecule has 2 atom stereocenters. The summed E-state index contributed by atoms with van der Waals surface area (Å²) in [7, 11) is 0. The minimum Gasteiger partial charge on any atom is -0.300 e. The monoisotopic (exact) mass is 209 g/mol. The van der Waals surface area contributed by atoms with Gasteiger partial charge in [0.2, 0.25) is 0 Å². The van der Waals surface area contributed by atoms with Crippen molar-refractivity contribution in [1.29, 1.82) is 0 Å². The molecule has 2 aliphatic rings. The van der Waals surface area contributed by atoms with Crippen LogP contribution in [0.4, 0.5) is 0 Å². The van der Waals surface area contributed by atoms with Crippen molar-refractivity contribution in [1.82, 2.24) is 4.90 Å². The van der Waals surface area contributed by atoms with E-state index >= 15 is 0 Å². The van der Waals surface area contributed by atoms with Crippen molar-refractivity contribution in [2.45, 2.75) is 76.9 Å². The average molecular weight is 209 g/mol. The number of hydrogen-bond donors (Lipinski definition) is 0. The Morgan fingerprint density at radius 1 is 1.20 bits per heavy atom. The summed E-state index contributed by atoms with van der Waals surface area (Å²) in [5.74, 6) is 0.506. The van der Waals surface area contributed by atoms with Crippen molar-refractivity contribution in [3.63, 3.8) is 0 Å². The van der Waals surface area contributed by atoms with E-state index in [1.807, 2.05) is 0 Å². The lowest BCUT2D eigenvalue weighted by Gasteiger charge is -2.49. The van der Waals surface area contributed by atoms with E-state index in [1.54, 1.807) is 0 Å². The molecule has 2 unspecified atom stereocenters. The quantitative estimate of drug-likeness (QED) is 0.712. The molecule has 2 aliphatic heterocycles. The van der Waals surface area contributed by atoms with Crippen molar-refractivity contribution in [3.05, 3.63) is 0 Å². The first-order chi connectivity index (χ1) is 7.26. The van der Waals surface area contributed by atoms with E-state index in [-0.39, 0.29) is 0 Å². The molecule has 2 fully saturated rings. The van der Waals surface area contributed by atoms with E-state index < -0.39 is 0 Å². The molecule has 2 heterocycles. The van der Waals surface area contributed by atoms with Crippen LogP contribution in [0.3, 0.4) is 0 Å². The van der Waals surface area contributed by atoms with Crippen LogP contribution in [0.25, 0.3) is 0 Å². The molecule has 0 aliphatic carbocycles. The molecule has 0 N–H and O–H groups in total. The van der Waals surface area contributed by atoms with Crippen molar-refractivity contribution < 1.29 is 4.79 Å². The highest BCUT2D eigenvalue weighted by Gasteiger charge is 2.39. The van der Waals surface area contributed by atoms with Crippen molar-refractivity contribution in [2.24, 2.45) is 0 Å². The maximum absolute atomic E-state index is 11.6. The van der Waals surface area contributed by atoms with E-state index in [0.717, 1.165) is 12.8 Å². The molecule has 0 aromatic rings. The summed E-state index contributed by atoms with van der Waals surface area (Å²) in [6, 6.07) is 1.87. The second-order valence-electron chi connectivity index (χ2n) is 5.10. The van der Waals surface area contributed by atoms with E-state index in [0.29, 0.717) is 23.9 Å². The Morgan fingerprint density at radius 3 is 2.20 bits per heavy atom. The van der Waals surface area contributed by atoms with Crippen LogP contribution in [-0.4, -0.2) is 28.8 Å². The van der Waals surface area contributed by atoms with E-state index in [9.17, 15) is 4.79 Å². The van der Waals surface area contributed by atoms with Crippen LogP contribution in [0.5, 0.6) is 0 Å². The maximum Gasteiger partial charge on any atom is 0.136 e. The molecule has 2 saturated heterocycles. The minimum atomic E-state index is 0.506. The molecule has 2 rings (SSSR count). The van der Waals surface area contributed by atoms with Gasteiger partial charge in [-0.3, -0.25) is 9.69 Å². The lowest BCUT2D eigenvalue weighted by atomic mass is 9.82. The molecule has 86 valence electrons. The Hall–Kier alpha value is -0.370. The van der Waals surface area contributed by atoms with E-state index in [1.165, 1.54) is 32.1 Å². The van der Waals surface area contributed by atoms with Gasteiger partial charge in [0.1, 0.15) is 5.78 Å². The van der Waals surface area contributed by atoms with Crippen molar-refractivity contribution in [2.75, 3.05) is 0 Å². The molecular formula is C13H23NO. The van der Waals surface area contributed by atoms with Gasteiger partial charge in [0.25, 0.3) is 0 Å². The smallest absolute Gasteiger partial charge is 0.136 e. The first-order valence-electron chi connectivity index (χ1n) is 6.55. The number of nitrogens with zero attached hydrogens (tertiary/aromatic N) is 1. The number of fused-ring (bicyclic) bond motifs is 2. The third kappa shape index (κ3) is 2.10. The lowest BCUT2D eigenvalue weighted by Crippen LogP contribution is -2.56. The van der Waals surface area contributed by atoms with Crippen LogP contribution in [0.1, 0.15) is 58.8 Å². The molecule has 15 heavy (non-hydrogen) atoms. The molecule has 0 saturated carbocycles. The number of piperidine rings is 2. The van der Waals surface area contributed by atoms with Gasteiger partial charge in [0.15, 0.2) is 0 Å². The van der Waals surface area contributed by atoms with Crippen LogP contribution in [-0.2, 0) is 4.79 Å². The fourth-order valence-corrected chi connectivity index (χ4v) is 3.52. The topological polar surface area (TPSA) is 20.3 Å². The summed E-state index contributed by atoms with van der Waals surface area (Å²) in [6.45, 7) is 4.56. The molecule has 2 nitrogen and oxygen atoms in total. The number of ketones is 1. The zero-order valence-electron chi connectivity index (χ0n) is 10.0. The van der Waals surface area contributed by atoms with Crippen LogP contribution in [0.15, 0.2) is 0 Å². The summed E-state index contributed by atoms with van der Waals surface area (Å²) in [5, 5.41) is 0. The third-order valence-electron chi connectivity index (χ3n) is 4.21. The van der Waals surface area contributed by atoms with Gasteiger partial charge >= 0.3 is 0 Å². The molecule has 0 amide bonds. The van der Waals surface area contributed by atoms with Gasteiger partial charge in [0, 0.05) is 31.0 Å². The van der Waals surface area contributed by atoms with E-state index in [2.05, 4.69) is 18.7 Å². The van der Waals surface area contributed by atoms with Crippen molar-refractivity contribution in [3.8, 4) is 0 Å². The van der Waals surface area contributed by atoms with Crippen molar-refractivity contribution >= 4 is 5.78 Å². The Kier molecular flexibility index (Phi) is 3.45. The predicted molar refractivity (Wildman–Crippen MR) is 61.9 cm³/mol. The molecular weight excluding hydrogens is 186 g/mol. The number of hydrogen-bond acceptors (Lipinski definition) is 2. The Balaban J connectivity index is 2.12. The van der Waals surface area contributed by atoms with Gasteiger partial charge < -0.3 is 0 Å². The number of rotatable bonds is 3. The zero-order valence-corrected chi connectivity index (χ0v) is 10.0. The summed E-state index contributed by atoms with van der Waals surface area (Å²) in [5.41, 5.74) is 0. The summed E-state index contributed by atoms with van der Waals surface area (Å²) >= 11 is 0. The van der Waals surface area contributed by atoms with Crippen LogP contribution in [0, 0.1) is 0 Å². The Bertz CT molecular complexity index is 219. The predicted octanol–water partition coefficient (Wildman–Crippen LogP) is 2.76. The molecule has 2 bridgehead atoms. The minimum absolute atomic E-state index is 0.506. The van der Waals surface area contributed by atoms with Crippen LogP contribution < -0.4 is 0 Å². The highest BCUT2D eigenvalue weighted by molar-refractivity contribution is 5.80. The number of carbonyl (C=O) groups excluding carboxylic acids is 1. The van der Waals surface area contributed by atoms with Gasteiger partial charge in [-0.2, -0.15) is 0 Å². The fraction of sp³-hybridized carbons (Fsp3) is 0.923. The molecule has 2 heteroatoms. The summed E-state index contributed by atoms with van der Waals surface area (Å²) in [6.07, 6.45) is 7.95. The van der Waals surface area contributed by atoms with Gasteiger partial charge in [0.05, 0.1) is 0 Å². The molecule has 0 aromatic heterocycles. The largest absolute Gasteiger partial charge is 0.300 e. The van der Waals surface area contributed by atoms with Gasteiger partial charge in [-0.05, 0) is 25.7 Å². The highest BCUT2D eigenvalue weighted by atomic mass is 16.1. The van der Waals surface area contributed by atoms with Gasteiger partial charge in [-0.25, -0.2) is 0 Å². The Labute approximate surface area is 93.0 Å². The second-order valence-corrected chi connectivity index (χ2v) is 5.10. The van der Waals surface area contributed by atoms with Gasteiger partial charge in [-0.1, -0.05) is 20.3 Å². The summed E-state index contributed by atoms with van der Waals surface area (Å²) < 4.78 is 0. The van der Waals surface area contributed by atoms with Gasteiger partial charge in [-0.15, -0.1) is 0 Å². The first kappa shape index (κ1) is 11.1. The number of Topliss-reactive ketones (excluding diaryl/α,β-unsaturated/α-hetero) is 1. The molecule has 0 spiro atoms. The third-order valence-corrected chi connectivity index (χ3v) is 4.21. The maximum atomic E-state index is 11.6. The SMILES string of the molecule is CCC(CC)N1C2CCCC1CC(=O)C2. The molecule has 0 aromatic carbocycles.